The lowest BCUT2D eigenvalue weighted by Gasteiger charge is -2.15. The maximum Gasteiger partial charge on any atom is 0.139 e. The first kappa shape index (κ1) is 10.7. The summed E-state index contributed by atoms with van der Waals surface area (Å²) in [5.41, 5.74) is 1.09. The summed E-state index contributed by atoms with van der Waals surface area (Å²) in [6.07, 6.45) is 1.63. The highest BCUT2D eigenvalue weighted by Crippen LogP contribution is 2.43. The Hall–Kier alpha value is -0.820. The lowest BCUT2D eigenvalue weighted by molar-refractivity contribution is -0.124. The first-order valence-corrected chi connectivity index (χ1v) is 5.65. The Balaban J connectivity index is 2.21. The van der Waals surface area contributed by atoms with Crippen molar-refractivity contribution in [2.24, 2.45) is 5.41 Å². The van der Waals surface area contributed by atoms with Gasteiger partial charge in [-0.05, 0) is 30.0 Å². The molecule has 15 heavy (non-hydrogen) atoms. The summed E-state index contributed by atoms with van der Waals surface area (Å²) >= 11 is 5.84. The van der Waals surface area contributed by atoms with Gasteiger partial charge in [-0.15, -0.1) is 0 Å². The second kappa shape index (κ2) is 3.64. The van der Waals surface area contributed by atoms with Crippen LogP contribution in [0.1, 0.15) is 38.2 Å². The van der Waals surface area contributed by atoms with Crippen molar-refractivity contribution in [3.05, 3.63) is 34.9 Å². The first-order valence-electron chi connectivity index (χ1n) is 5.28. The van der Waals surface area contributed by atoms with Crippen LogP contribution in [0.2, 0.25) is 5.02 Å². The Morgan fingerprint density at radius 3 is 2.33 bits per heavy atom. The van der Waals surface area contributed by atoms with Gasteiger partial charge in [-0.25, -0.2) is 0 Å². The minimum Gasteiger partial charge on any atom is -0.299 e. The predicted molar refractivity (Wildman–Crippen MR) is 62.2 cm³/mol. The molecule has 1 saturated carbocycles. The van der Waals surface area contributed by atoms with Crippen molar-refractivity contribution in [1.82, 2.24) is 0 Å². The zero-order valence-electron chi connectivity index (χ0n) is 9.09. The molecule has 0 aromatic heterocycles. The monoisotopic (exact) mass is 222 g/mol. The van der Waals surface area contributed by atoms with E-state index in [1.807, 2.05) is 38.1 Å². The number of rotatable bonds is 1. The topological polar surface area (TPSA) is 17.1 Å². The molecule has 1 aromatic rings. The molecule has 2 heteroatoms. The van der Waals surface area contributed by atoms with E-state index in [1.165, 1.54) is 5.56 Å². The molecule has 1 atom stereocenters. The maximum absolute atomic E-state index is 11.7. The van der Waals surface area contributed by atoms with E-state index in [9.17, 15) is 4.79 Å². The molecule has 0 heterocycles. The number of halogens is 1. The summed E-state index contributed by atoms with van der Waals surface area (Å²) in [6.45, 7) is 4.07. The molecule has 0 saturated heterocycles. The first-order chi connectivity index (χ1) is 6.99. The fourth-order valence-electron chi connectivity index (χ4n) is 2.27. The maximum atomic E-state index is 11.7. The van der Waals surface area contributed by atoms with Crippen molar-refractivity contribution in [2.45, 2.75) is 32.6 Å². The number of carbonyl (C=O) groups is 1. The average molecular weight is 223 g/mol. The molecule has 0 aliphatic heterocycles. The van der Waals surface area contributed by atoms with Crippen LogP contribution < -0.4 is 0 Å². The lowest BCUT2D eigenvalue weighted by atomic mass is 9.88. The van der Waals surface area contributed by atoms with Gasteiger partial charge in [0, 0.05) is 16.9 Å². The van der Waals surface area contributed by atoms with Crippen LogP contribution in [0, 0.1) is 5.41 Å². The van der Waals surface area contributed by atoms with Crippen LogP contribution in [0.15, 0.2) is 24.3 Å². The van der Waals surface area contributed by atoms with Gasteiger partial charge in [-0.1, -0.05) is 37.6 Å². The van der Waals surface area contributed by atoms with Crippen molar-refractivity contribution in [2.75, 3.05) is 0 Å². The molecule has 0 spiro atoms. The van der Waals surface area contributed by atoms with Crippen molar-refractivity contribution >= 4 is 17.4 Å². The average Bonchev–Trinajstić information content (AvgIpc) is 2.42. The van der Waals surface area contributed by atoms with E-state index >= 15 is 0 Å². The van der Waals surface area contributed by atoms with Gasteiger partial charge in [0.1, 0.15) is 5.78 Å². The summed E-state index contributed by atoms with van der Waals surface area (Å²) in [5, 5.41) is 0.752. The van der Waals surface area contributed by atoms with Gasteiger partial charge in [-0.3, -0.25) is 4.79 Å². The second-order valence-corrected chi connectivity index (χ2v) is 5.40. The molecule has 0 radical (unpaired) electrons. The number of hydrogen-bond acceptors (Lipinski definition) is 1. The molecule has 1 unspecified atom stereocenters. The van der Waals surface area contributed by atoms with Crippen LogP contribution >= 0.6 is 11.6 Å². The summed E-state index contributed by atoms with van der Waals surface area (Å²) in [7, 11) is 0. The molecule has 0 amide bonds. The van der Waals surface area contributed by atoms with Crippen molar-refractivity contribution in [3.63, 3.8) is 0 Å². The highest BCUT2D eigenvalue weighted by atomic mass is 35.5. The Morgan fingerprint density at radius 2 is 1.87 bits per heavy atom. The minimum absolute atomic E-state index is 0.149. The van der Waals surface area contributed by atoms with E-state index in [2.05, 4.69) is 0 Å². The number of carbonyl (C=O) groups excluding carboxylic acids is 1. The van der Waals surface area contributed by atoms with Crippen molar-refractivity contribution < 1.29 is 4.79 Å². The molecule has 1 aliphatic rings. The van der Waals surface area contributed by atoms with Crippen LogP contribution in [0.25, 0.3) is 0 Å². The van der Waals surface area contributed by atoms with Gasteiger partial charge < -0.3 is 0 Å². The van der Waals surface area contributed by atoms with E-state index in [1.54, 1.807) is 0 Å². The second-order valence-electron chi connectivity index (χ2n) is 4.96. The van der Waals surface area contributed by atoms with Crippen LogP contribution in [0.3, 0.4) is 0 Å². The van der Waals surface area contributed by atoms with Crippen molar-refractivity contribution in [1.29, 1.82) is 0 Å². The molecule has 1 fully saturated rings. The van der Waals surface area contributed by atoms with Gasteiger partial charge in [0.15, 0.2) is 0 Å². The molecular weight excluding hydrogens is 208 g/mol. The Labute approximate surface area is 95.4 Å². The van der Waals surface area contributed by atoms with E-state index in [0.717, 1.165) is 11.4 Å². The van der Waals surface area contributed by atoms with E-state index in [0.29, 0.717) is 18.1 Å². The zero-order valence-corrected chi connectivity index (χ0v) is 9.84. The Kier molecular flexibility index (Phi) is 2.59. The van der Waals surface area contributed by atoms with Crippen LogP contribution in [0.4, 0.5) is 0 Å². The van der Waals surface area contributed by atoms with Gasteiger partial charge in [0.05, 0.1) is 0 Å². The number of hydrogen-bond donors (Lipinski definition) is 0. The third kappa shape index (κ3) is 2.07. The molecule has 1 aliphatic carbocycles. The Morgan fingerprint density at radius 1 is 1.27 bits per heavy atom. The van der Waals surface area contributed by atoms with Crippen molar-refractivity contribution in [3.8, 4) is 0 Å². The zero-order chi connectivity index (χ0) is 11.1. The molecule has 1 nitrogen and oxygen atoms in total. The van der Waals surface area contributed by atoms with E-state index < -0.39 is 0 Å². The molecule has 0 bridgehead atoms. The van der Waals surface area contributed by atoms with Gasteiger partial charge in [-0.2, -0.15) is 0 Å². The number of ketones is 1. The minimum atomic E-state index is -0.149. The van der Waals surface area contributed by atoms with Crippen LogP contribution in [0.5, 0.6) is 0 Å². The summed E-state index contributed by atoms with van der Waals surface area (Å²) in [5.74, 6) is 0.757. The molecule has 0 N–H and O–H groups in total. The fourth-order valence-corrected chi connectivity index (χ4v) is 2.40. The molecule has 80 valence electrons. The van der Waals surface area contributed by atoms with Gasteiger partial charge in [0.2, 0.25) is 0 Å². The smallest absolute Gasteiger partial charge is 0.139 e. The largest absolute Gasteiger partial charge is 0.299 e. The highest BCUT2D eigenvalue weighted by Gasteiger charge is 2.39. The van der Waals surface area contributed by atoms with Gasteiger partial charge in [0.25, 0.3) is 0 Å². The van der Waals surface area contributed by atoms with E-state index in [-0.39, 0.29) is 5.41 Å². The summed E-state index contributed by atoms with van der Waals surface area (Å²) in [4.78, 5) is 11.7. The summed E-state index contributed by atoms with van der Waals surface area (Å²) < 4.78 is 0. The van der Waals surface area contributed by atoms with E-state index in [4.69, 9.17) is 11.6 Å². The quantitative estimate of drug-likeness (QED) is 0.706. The third-order valence-electron chi connectivity index (χ3n) is 3.28. The fraction of sp³-hybridized carbons (Fsp3) is 0.462. The number of benzene rings is 1. The standard InChI is InChI=1S/C13H15ClO/c1-13(2)8-10(7-12(13)15)9-3-5-11(14)6-4-9/h3-6,10H,7-8H2,1-2H3. The number of Topliss-reactive ketones (excluding diaryl/α,β-unsaturated/α-hetero) is 1. The predicted octanol–water partition coefficient (Wildman–Crippen LogP) is 3.81. The lowest BCUT2D eigenvalue weighted by Crippen LogP contribution is -2.15. The molecule has 2 rings (SSSR count). The third-order valence-corrected chi connectivity index (χ3v) is 3.54. The normalized spacial score (nSPS) is 24.5. The van der Waals surface area contributed by atoms with Crippen LogP contribution in [-0.4, -0.2) is 5.78 Å². The Bertz CT molecular complexity index is 378. The SMILES string of the molecule is CC1(C)CC(c2ccc(Cl)cc2)CC1=O. The molecule has 1 aromatic carbocycles. The molecular formula is C13H15ClO. The summed E-state index contributed by atoms with van der Waals surface area (Å²) in [6, 6.07) is 7.85. The van der Waals surface area contributed by atoms with Crippen LogP contribution in [-0.2, 0) is 4.79 Å². The highest BCUT2D eigenvalue weighted by molar-refractivity contribution is 6.30. The van der Waals surface area contributed by atoms with Gasteiger partial charge >= 0.3 is 0 Å².